The fourth-order valence-corrected chi connectivity index (χ4v) is 3.29. The molecule has 0 spiro atoms. The molecule has 1 aliphatic heterocycles. The maximum atomic E-state index is 14.1. The standard InChI is InChI=1S/C21H23F3O2/c1-2-14-3-8-20(26-13-14)16-6-4-15(5-7-16)17-11-18(23)21(19(24)12-17)25-10-9-22/h4-7,11-12,14,20H,2-3,8-10,13H2,1H3. The largest absolute Gasteiger partial charge is 0.485 e. The predicted molar refractivity (Wildman–Crippen MR) is 95.0 cm³/mol. The first kappa shape index (κ1) is 18.8. The summed E-state index contributed by atoms with van der Waals surface area (Å²) in [5.41, 5.74) is 2.19. The van der Waals surface area contributed by atoms with E-state index in [9.17, 15) is 13.2 Å². The van der Waals surface area contributed by atoms with Crippen LogP contribution in [0.15, 0.2) is 36.4 Å². The summed E-state index contributed by atoms with van der Waals surface area (Å²) in [7, 11) is 0. The van der Waals surface area contributed by atoms with Crippen LogP contribution in [-0.2, 0) is 4.74 Å². The highest BCUT2D eigenvalue weighted by Gasteiger charge is 2.22. The molecule has 1 saturated heterocycles. The van der Waals surface area contributed by atoms with Crippen molar-refractivity contribution in [2.24, 2.45) is 5.92 Å². The average molecular weight is 364 g/mol. The predicted octanol–water partition coefficient (Wildman–Crippen LogP) is 5.86. The van der Waals surface area contributed by atoms with Crippen molar-refractivity contribution in [1.82, 2.24) is 0 Å². The molecule has 0 aliphatic carbocycles. The molecule has 1 fully saturated rings. The summed E-state index contributed by atoms with van der Waals surface area (Å²) in [5, 5.41) is 0. The smallest absolute Gasteiger partial charge is 0.190 e. The number of alkyl halides is 1. The number of rotatable bonds is 6. The van der Waals surface area contributed by atoms with Gasteiger partial charge >= 0.3 is 0 Å². The molecule has 0 N–H and O–H groups in total. The van der Waals surface area contributed by atoms with Crippen LogP contribution in [0.5, 0.6) is 5.75 Å². The fourth-order valence-electron chi connectivity index (χ4n) is 3.29. The molecule has 0 amide bonds. The topological polar surface area (TPSA) is 18.5 Å². The molecule has 2 aromatic carbocycles. The number of ether oxygens (including phenoxy) is 2. The Bertz CT molecular complexity index is 700. The third kappa shape index (κ3) is 4.21. The number of hydrogen-bond donors (Lipinski definition) is 0. The summed E-state index contributed by atoms with van der Waals surface area (Å²) < 4.78 is 51.0. The Kier molecular flexibility index (Phi) is 6.20. The van der Waals surface area contributed by atoms with Crippen LogP contribution in [0.3, 0.4) is 0 Å². The number of halogens is 3. The molecule has 0 aromatic heterocycles. The quantitative estimate of drug-likeness (QED) is 0.639. The Morgan fingerprint density at radius 2 is 1.73 bits per heavy atom. The molecule has 1 aliphatic rings. The minimum Gasteiger partial charge on any atom is -0.485 e. The molecule has 5 heteroatoms. The van der Waals surface area contributed by atoms with E-state index in [1.165, 1.54) is 12.1 Å². The second-order valence-corrected chi connectivity index (χ2v) is 6.60. The fraction of sp³-hybridized carbons (Fsp3) is 0.429. The van der Waals surface area contributed by atoms with Crippen molar-refractivity contribution < 1.29 is 22.6 Å². The minimum absolute atomic E-state index is 0.0804. The number of benzene rings is 2. The van der Waals surface area contributed by atoms with Gasteiger partial charge in [0.2, 0.25) is 0 Å². The van der Waals surface area contributed by atoms with E-state index in [4.69, 9.17) is 9.47 Å². The molecule has 2 atom stereocenters. The van der Waals surface area contributed by atoms with Gasteiger partial charge in [0.1, 0.15) is 13.3 Å². The SMILES string of the molecule is CCC1CCC(c2ccc(-c3cc(F)c(OCCF)c(F)c3)cc2)OC1. The third-order valence-corrected chi connectivity index (χ3v) is 4.89. The van der Waals surface area contributed by atoms with Gasteiger partial charge in [0.15, 0.2) is 17.4 Å². The maximum absolute atomic E-state index is 14.1. The molecule has 2 aromatic rings. The van der Waals surface area contributed by atoms with Crippen LogP contribution >= 0.6 is 0 Å². The van der Waals surface area contributed by atoms with Crippen molar-refractivity contribution in [3.63, 3.8) is 0 Å². The first-order valence-electron chi connectivity index (χ1n) is 9.02. The second kappa shape index (κ2) is 8.58. The monoisotopic (exact) mass is 364 g/mol. The van der Waals surface area contributed by atoms with Gasteiger partial charge in [-0.3, -0.25) is 0 Å². The highest BCUT2D eigenvalue weighted by Crippen LogP contribution is 2.34. The Morgan fingerprint density at radius 3 is 2.27 bits per heavy atom. The minimum atomic E-state index is -0.834. The lowest BCUT2D eigenvalue weighted by atomic mass is 9.92. The zero-order chi connectivity index (χ0) is 18.5. The van der Waals surface area contributed by atoms with Crippen molar-refractivity contribution in [2.45, 2.75) is 32.3 Å². The molecule has 26 heavy (non-hydrogen) atoms. The average Bonchev–Trinajstić information content (AvgIpc) is 2.67. The van der Waals surface area contributed by atoms with Crippen LogP contribution in [0.2, 0.25) is 0 Å². The van der Waals surface area contributed by atoms with Crippen LogP contribution in [0, 0.1) is 17.6 Å². The van der Waals surface area contributed by atoms with Gasteiger partial charge in [-0.15, -0.1) is 0 Å². The van der Waals surface area contributed by atoms with Gasteiger partial charge in [-0.1, -0.05) is 37.6 Å². The van der Waals surface area contributed by atoms with E-state index in [2.05, 4.69) is 6.92 Å². The molecule has 140 valence electrons. The highest BCUT2D eigenvalue weighted by atomic mass is 19.1. The molecule has 0 saturated carbocycles. The van der Waals surface area contributed by atoms with Crippen molar-refractivity contribution in [1.29, 1.82) is 0 Å². The lowest BCUT2D eigenvalue weighted by molar-refractivity contribution is -0.0180. The van der Waals surface area contributed by atoms with Crippen molar-refractivity contribution >= 4 is 0 Å². The van der Waals surface area contributed by atoms with E-state index in [-0.39, 0.29) is 12.7 Å². The molecule has 0 radical (unpaired) electrons. The number of hydrogen-bond acceptors (Lipinski definition) is 2. The van der Waals surface area contributed by atoms with Gasteiger partial charge in [0.05, 0.1) is 12.7 Å². The Labute approximate surface area is 151 Å². The first-order chi connectivity index (χ1) is 12.6. The Balaban J connectivity index is 1.74. The second-order valence-electron chi connectivity index (χ2n) is 6.60. The third-order valence-electron chi connectivity index (χ3n) is 4.89. The van der Waals surface area contributed by atoms with Gasteiger partial charge in [-0.05, 0) is 47.6 Å². The molecule has 3 rings (SSSR count). The van der Waals surface area contributed by atoms with E-state index < -0.39 is 24.1 Å². The van der Waals surface area contributed by atoms with Gasteiger partial charge < -0.3 is 9.47 Å². The van der Waals surface area contributed by atoms with E-state index in [1.54, 1.807) is 0 Å². The van der Waals surface area contributed by atoms with E-state index in [0.717, 1.165) is 31.4 Å². The normalized spacial score (nSPS) is 20.2. The molecular weight excluding hydrogens is 341 g/mol. The summed E-state index contributed by atoms with van der Waals surface area (Å²) in [4.78, 5) is 0. The van der Waals surface area contributed by atoms with E-state index >= 15 is 0 Å². The van der Waals surface area contributed by atoms with Gasteiger partial charge in [0, 0.05) is 0 Å². The van der Waals surface area contributed by atoms with Gasteiger partial charge in [-0.2, -0.15) is 0 Å². The van der Waals surface area contributed by atoms with E-state index in [1.807, 2.05) is 24.3 Å². The summed E-state index contributed by atoms with van der Waals surface area (Å²) in [6, 6.07) is 9.95. The van der Waals surface area contributed by atoms with Crippen LogP contribution < -0.4 is 4.74 Å². The molecular formula is C21H23F3O2. The summed E-state index contributed by atoms with van der Waals surface area (Å²) in [6.45, 7) is 1.78. The lowest BCUT2D eigenvalue weighted by Gasteiger charge is -2.28. The highest BCUT2D eigenvalue weighted by molar-refractivity contribution is 5.65. The first-order valence-corrected chi connectivity index (χ1v) is 9.02. The lowest BCUT2D eigenvalue weighted by Crippen LogP contribution is -2.20. The molecule has 2 nitrogen and oxygen atoms in total. The van der Waals surface area contributed by atoms with Crippen molar-refractivity contribution in [3.8, 4) is 16.9 Å². The zero-order valence-corrected chi connectivity index (χ0v) is 14.8. The van der Waals surface area contributed by atoms with Gasteiger partial charge in [0.25, 0.3) is 0 Å². The summed E-state index contributed by atoms with van der Waals surface area (Å²) in [6.07, 6.45) is 3.35. The van der Waals surface area contributed by atoms with Gasteiger partial charge in [-0.25, -0.2) is 13.2 Å². The van der Waals surface area contributed by atoms with E-state index in [0.29, 0.717) is 17.0 Å². The van der Waals surface area contributed by atoms with Crippen LogP contribution in [0.4, 0.5) is 13.2 Å². The molecule has 0 bridgehead atoms. The van der Waals surface area contributed by atoms with Crippen LogP contribution in [-0.4, -0.2) is 19.9 Å². The van der Waals surface area contributed by atoms with Crippen molar-refractivity contribution in [3.05, 3.63) is 53.6 Å². The van der Waals surface area contributed by atoms with Crippen LogP contribution in [0.25, 0.3) is 11.1 Å². The van der Waals surface area contributed by atoms with Crippen molar-refractivity contribution in [2.75, 3.05) is 19.9 Å². The maximum Gasteiger partial charge on any atom is 0.190 e. The van der Waals surface area contributed by atoms with Crippen LogP contribution in [0.1, 0.15) is 37.9 Å². The zero-order valence-electron chi connectivity index (χ0n) is 14.8. The Morgan fingerprint density at radius 1 is 1.04 bits per heavy atom. The Hall–Kier alpha value is -2.01. The summed E-state index contributed by atoms with van der Waals surface area (Å²) >= 11 is 0. The molecule has 1 heterocycles. The summed E-state index contributed by atoms with van der Waals surface area (Å²) in [5.74, 6) is -1.57. The molecule has 2 unspecified atom stereocenters.